The lowest BCUT2D eigenvalue weighted by Crippen LogP contribution is -2.48. The van der Waals surface area contributed by atoms with E-state index in [0.717, 1.165) is 32.2 Å². The molecule has 0 aliphatic heterocycles. The summed E-state index contributed by atoms with van der Waals surface area (Å²) in [7, 11) is 0. The van der Waals surface area contributed by atoms with Crippen LogP contribution in [0.15, 0.2) is 30.3 Å². The highest BCUT2D eigenvalue weighted by Gasteiger charge is 2.27. The molecule has 1 aliphatic rings. The van der Waals surface area contributed by atoms with Crippen LogP contribution in [0.1, 0.15) is 24.8 Å². The minimum absolute atomic E-state index is 0.0956. The molecule has 1 saturated carbocycles. The Kier molecular flexibility index (Phi) is 3.75. The molecule has 82 valence electrons. The van der Waals surface area contributed by atoms with E-state index in [-0.39, 0.29) is 6.10 Å². The number of rotatable bonds is 5. The Hall–Kier alpha value is -0.860. The molecular weight excluding hydrogens is 186 g/mol. The summed E-state index contributed by atoms with van der Waals surface area (Å²) in [5.74, 6) is 0. The maximum absolute atomic E-state index is 9.36. The standard InChI is InChI=1S/C13H19NO/c15-13-9-8-12(13)14-10-4-7-11-5-2-1-3-6-11/h1-3,5-6,12-15H,4,7-10H2/t12-,13-/m1/s1. The van der Waals surface area contributed by atoms with Crippen LogP contribution < -0.4 is 5.32 Å². The lowest BCUT2D eigenvalue weighted by Gasteiger charge is -2.33. The summed E-state index contributed by atoms with van der Waals surface area (Å²) < 4.78 is 0. The molecule has 0 radical (unpaired) electrons. The third kappa shape index (κ3) is 3.05. The largest absolute Gasteiger partial charge is 0.392 e. The van der Waals surface area contributed by atoms with E-state index in [1.165, 1.54) is 5.56 Å². The van der Waals surface area contributed by atoms with Gasteiger partial charge in [0.15, 0.2) is 0 Å². The molecule has 0 saturated heterocycles. The highest BCUT2D eigenvalue weighted by atomic mass is 16.3. The van der Waals surface area contributed by atoms with Gasteiger partial charge in [0.25, 0.3) is 0 Å². The molecule has 15 heavy (non-hydrogen) atoms. The zero-order valence-electron chi connectivity index (χ0n) is 9.02. The minimum Gasteiger partial charge on any atom is -0.392 e. The SMILES string of the molecule is O[C@@H]1CC[C@H]1NCCCc1ccccc1. The van der Waals surface area contributed by atoms with Gasteiger partial charge in [-0.15, -0.1) is 0 Å². The Morgan fingerprint density at radius 3 is 2.60 bits per heavy atom. The first-order valence-electron chi connectivity index (χ1n) is 5.81. The predicted molar refractivity (Wildman–Crippen MR) is 61.8 cm³/mol. The molecule has 2 rings (SSSR count). The number of aryl methyl sites for hydroxylation is 1. The van der Waals surface area contributed by atoms with Crippen molar-refractivity contribution in [1.29, 1.82) is 0 Å². The molecule has 1 aliphatic carbocycles. The van der Waals surface area contributed by atoms with Gasteiger partial charge in [0, 0.05) is 6.04 Å². The van der Waals surface area contributed by atoms with Crippen LogP contribution in [0.4, 0.5) is 0 Å². The van der Waals surface area contributed by atoms with Gasteiger partial charge < -0.3 is 10.4 Å². The molecule has 0 bridgehead atoms. The summed E-state index contributed by atoms with van der Waals surface area (Å²) >= 11 is 0. The topological polar surface area (TPSA) is 32.3 Å². The van der Waals surface area contributed by atoms with Crippen LogP contribution in [-0.4, -0.2) is 23.8 Å². The fraction of sp³-hybridized carbons (Fsp3) is 0.538. The van der Waals surface area contributed by atoms with Crippen molar-refractivity contribution >= 4 is 0 Å². The second kappa shape index (κ2) is 5.29. The number of nitrogens with one attached hydrogen (secondary N) is 1. The van der Waals surface area contributed by atoms with Crippen LogP contribution in [0.2, 0.25) is 0 Å². The van der Waals surface area contributed by atoms with Gasteiger partial charge in [-0.3, -0.25) is 0 Å². The highest BCUT2D eigenvalue weighted by Crippen LogP contribution is 2.19. The van der Waals surface area contributed by atoms with Crippen molar-refractivity contribution in [1.82, 2.24) is 5.32 Å². The number of hydrogen-bond acceptors (Lipinski definition) is 2. The van der Waals surface area contributed by atoms with Crippen molar-refractivity contribution in [3.63, 3.8) is 0 Å². The van der Waals surface area contributed by atoms with Gasteiger partial charge in [0.2, 0.25) is 0 Å². The molecule has 0 unspecified atom stereocenters. The van der Waals surface area contributed by atoms with Crippen LogP contribution >= 0.6 is 0 Å². The summed E-state index contributed by atoms with van der Waals surface area (Å²) in [6.07, 6.45) is 4.27. The van der Waals surface area contributed by atoms with Gasteiger partial charge in [-0.05, 0) is 37.8 Å². The lowest BCUT2D eigenvalue weighted by atomic mass is 9.89. The Labute approximate surface area is 91.3 Å². The van der Waals surface area contributed by atoms with E-state index < -0.39 is 0 Å². The van der Waals surface area contributed by atoms with Crippen molar-refractivity contribution in [2.75, 3.05) is 6.54 Å². The maximum atomic E-state index is 9.36. The smallest absolute Gasteiger partial charge is 0.0693 e. The molecule has 2 heteroatoms. The Morgan fingerprint density at radius 2 is 2.00 bits per heavy atom. The first kappa shape index (κ1) is 10.7. The van der Waals surface area contributed by atoms with Crippen molar-refractivity contribution in [2.45, 2.75) is 37.8 Å². The normalized spacial score (nSPS) is 24.9. The van der Waals surface area contributed by atoms with Gasteiger partial charge in [0.05, 0.1) is 6.10 Å². The molecule has 1 fully saturated rings. The van der Waals surface area contributed by atoms with E-state index in [0.29, 0.717) is 6.04 Å². The summed E-state index contributed by atoms with van der Waals surface area (Å²) in [5.41, 5.74) is 1.40. The van der Waals surface area contributed by atoms with E-state index in [9.17, 15) is 5.11 Å². The van der Waals surface area contributed by atoms with Gasteiger partial charge >= 0.3 is 0 Å². The molecule has 0 amide bonds. The number of aliphatic hydroxyl groups excluding tert-OH is 1. The van der Waals surface area contributed by atoms with Crippen molar-refractivity contribution in [3.8, 4) is 0 Å². The lowest BCUT2D eigenvalue weighted by molar-refractivity contribution is 0.0502. The van der Waals surface area contributed by atoms with E-state index in [4.69, 9.17) is 0 Å². The fourth-order valence-electron chi connectivity index (χ4n) is 1.95. The van der Waals surface area contributed by atoms with Gasteiger partial charge in [-0.2, -0.15) is 0 Å². The summed E-state index contributed by atoms with van der Waals surface area (Å²) in [4.78, 5) is 0. The van der Waals surface area contributed by atoms with Crippen LogP contribution in [0, 0.1) is 0 Å². The monoisotopic (exact) mass is 205 g/mol. The third-order valence-electron chi connectivity index (χ3n) is 3.13. The quantitative estimate of drug-likeness (QED) is 0.718. The molecule has 0 heterocycles. The Morgan fingerprint density at radius 1 is 1.20 bits per heavy atom. The molecule has 1 aromatic carbocycles. The number of aliphatic hydroxyl groups is 1. The minimum atomic E-state index is -0.0956. The summed E-state index contributed by atoms with van der Waals surface area (Å²) in [5, 5.41) is 12.8. The second-order valence-electron chi connectivity index (χ2n) is 4.29. The Bertz CT molecular complexity index is 286. The summed E-state index contributed by atoms with van der Waals surface area (Å²) in [6.45, 7) is 1.01. The third-order valence-corrected chi connectivity index (χ3v) is 3.13. The van der Waals surface area contributed by atoms with E-state index >= 15 is 0 Å². The zero-order valence-corrected chi connectivity index (χ0v) is 9.02. The molecular formula is C13H19NO. The van der Waals surface area contributed by atoms with E-state index in [2.05, 4.69) is 29.6 Å². The number of hydrogen-bond donors (Lipinski definition) is 2. The van der Waals surface area contributed by atoms with Crippen molar-refractivity contribution in [2.24, 2.45) is 0 Å². The molecule has 0 spiro atoms. The average Bonchev–Trinajstić information content (AvgIpc) is 2.28. The van der Waals surface area contributed by atoms with Gasteiger partial charge in [0.1, 0.15) is 0 Å². The average molecular weight is 205 g/mol. The first-order chi connectivity index (χ1) is 7.36. The molecule has 2 nitrogen and oxygen atoms in total. The van der Waals surface area contributed by atoms with Crippen LogP contribution in [0.5, 0.6) is 0 Å². The zero-order chi connectivity index (χ0) is 10.5. The Balaban J connectivity index is 1.59. The van der Waals surface area contributed by atoms with Crippen molar-refractivity contribution < 1.29 is 5.11 Å². The maximum Gasteiger partial charge on any atom is 0.0693 e. The van der Waals surface area contributed by atoms with Gasteiger partial charge in [-0.25, -0.2) is 0 Å². The molecule has 2 N–H and O–H groups in total. The van der Waals surface area contributed by atoms with Crippen LogP contribution in [-0.2, 0) is 6.42 Å². The first-order valence-corrected chi connectivity index (χ1v) is 5.81. The van der Waals surface area contributed by atoms with Crippen LogP contribution in [0.3, 0.4) is 0 Å². The van der Waals surface area contributed by atoms with Crippen LogP contribution in [0.25, 0.3) is 0 Å². The fourth-order valence-corrected chi connectivity index (χ4v) is 1.95. The van der Waals surface area contributed by atoms with E-state index in [1.54, 1.807) is 0 Å². The van der Waals surface area contributed by atoms with Gasteiger partial charge in [-0.1, -0.05) is 30.3 Å². The number of benzene rings is 1. The van der Waals surface area contributed by atoms with E-state index in [1.807, 2.05) is 6.07 Å². The molecule has 1 aromatic rings. The predicted octanol–water partition coefficient (Wildman–Crippen LogP) is 1.73. The second-order valence-corrected chi connectivity index (χ2v) is 4.29. The molecule has 0 aromatic heterocycles. The summed E-state index contributed by atoms with van der Waals surface area (Å²) in [6, 6.07) is 10.9. The van der Waals surface area contributed by atoms with Crippen molar-refractivity contribution in [3.05, 3.63) is 35.9 Å². The molecule has 2 atom stereocenters. The highest BCUT2D eigenvalue weighted by molar-refractivity contribution is 5.14.